The summed E-state index contributed by atoms with van der Waals surface area (Å²) in [6.45, 7) is 1.97. The summed E-state index contributed by atoms with van der Waals surface area (Å²) in [6.07, 6.45) is -0.888. The molecule has 1 aliphatic carbocycles. The highest BCUT2D eigenvalue weighted by molar-refractivity contribution is 5.50. The van der Waals surface area contributed by atoms with Gasteiger partial charge in [0.15, 0.2) is 11.5 Å². The number of aryl methyl sites for hydroxylation is 2. The Balaban J connectivity index is 1.71. The molecular formula is C18H18F2N4O2. The Morgan fingerprint density at radius 2 is 2.08 bits per heavy atom. The molecule has 1 aliphatic rings. The van der Waals surface area contributed by atoms with E-state index < -0.39 is 6.43 Å². The smallest absolute Gasteiger partial charge is 0.280 e. The fraction of sp³-hybridized carbons (Fsp3) is 0.389. The molecule has 0 radical (unpaired) electrons. The molecule has 0 aliphatic heterocycles. The summed E-state index contributed by atoms with van der Waals surface area (Å²) >= 11 is 0. The van der Waals surface area contributed by atoms with E-state index in [1.165, 1.54) is 13.1 Å². The van der Waals surface area contributed by atoms with Crippen molar-refractivity contribution < 1.29 is 18.4 Å². The van der Waals surface area contributed by atoms with E-state index in [9.17, 15) is 13.9 Å². The fourth-order valence-corrected chi connectivity index (χ4v) is 3.33. The number of benzene rings is 1. The predicted octanol–water partition coefficient (Wildman–Crippen LogP) is 3.29. The molecule has 1 aromatic carbocycles. The number of rotatable bonds is 5. The first-order chi connectivity index (χ1) is 12.4. The molecule has 1 saturated carbocycles. The molecule has 0 bridgehead atoms. The van der Waals surface area contributed by atoms with Crippen molar-refractivity contribution in [2.75, 3.05) is 0 Å². The van der Waals surface area contributed by atoms with Crippen LogP contribution in [0.15, 0.2) is 28.8 Å². The summed E-state index contributed by atoms with van der Waals surface area (Å²) in [5.41, 5.74) is 2.66. The van der Waals surface area contributed by atoms with E-state index >= 15 is 0 Å². The van der Waals surface area contributed by atoms with Gasteiger partial charge in [-0.25, -0.2) is 8.78 Å². The summed E-state index contributed by atoms with van der Waals surface area (Å²) in [5, 5.41) is 17.6. The maximum atomic E-state index is 13.0. The number of aliphatic hydroxyl groups is 1. The van der Waals surface area contributed by atoms with Crippen molar-refractivity contribution >= 4 is 0 Å². The van der Waals surface area contributed by atoms with Gasteiger partial charge in [0.25, 0.3) is 12.3 Å². The van der Waals surface area contributed by atoms with Crippen molar-refractivity contribution in [1.29, 1.82) is 0 Å². The van der Waals surface area contributed by atoms with Crippen LogP contribution < -0.4 is 0 Å². The van der Waals surface area contributed by atoms with E-state index in [2.05, 4.69) is 15.2 Å². The number of halogens is 2. The summed E-state index contributed by atoms with van der Waals surface area (Å²) in [4.78, 5) is 4.44. The zero-order chi connectivity index (χ0) is 18.5. The van der Waals surface area contributed by atoms with Crippen LogP contribution >= 0.6 is 0 Å². The third-order valence-electron chi connectivity index (χ3n) is 4.96. The number of alkyl halides is 2. The van der Waals surface area contributed by atoms with Gasteiger partial charge in [0.05, 0.1) is 12.0 Å². The molecule has 3 aromatic rings. The van der Waals surface area contributed by atoms with Gasteiger partial charge in [-0.15, -0.1) is 0 Å². The van der Waals surface area contributed by atoms with Crippen molar-refractivity contribution in [3.05, 3.63) is 52.5 Å². The Bertz CT molecular complexity index is 960. The first kappa shape index (κ1) is 16.8. The van der Waals surface area contributed by atoms with Crippen LogP contribution in [-0.4, -0.2) is 25.0 Å². The summed E-state index contributed by atoms with van der Waals surface area (Å²) in [7, 11) is 1.45. The molecule has 8 heteroatoms. The average Bonchev–Trinajstić information content (AvgIpc) is 3.09. The lowest BCUT2D eigenvalue weighted by atomic mass is 9.90. The van der Waals surface area contributed by atoms with E-state index in [4.69, 9.17) is 4.52 Å². The van der Waals surface area contributed by atoms with Gasteiger partial charge < -0.3 is 9.63 Å². The van der Waals surface area contributed by atoms with Gasteiger partial charge >= 0.3 is 0 Å². The molecule has 1 fully saturated rings. The van der Waals surface area contributed by atoms with Gasteiger partial charge in [0, 0.05) is 7.05 Å². The molecule has 26 heavy (non-hydrogen) atoms. The Hall–Kier alpha value is -2.61. The van der Waals surface area contributed by atoms with Crippen molar-refractivity contribution in [1.82, 2.24) is 19.9 Å². The van der Waals surface area contributed by atoms with Gasteiger partial charge in [-0.05, 0) is 42.5 Å². The van der Waals surface area contributed by atoms with Gasteiger partial charge in [-0.1, -0.05) is 23.4 Å². The molecule has 2 aromatic heterocycles. The first-order valence-corrected chi connectivity index (χ1v) is 8.32. The van der Waals surface area contributed by atoms with Crippen LogP contribution in [0, 0.1) is 6.92 Å². The van der Waals surface area contributed by atoms with Crippen molar-refractivity contribution in [3.63, 3.8) is 0 Å². The van der Waals surface area contributed by atoms with Crippen LogP contribution in [0.25, 0.3) is 11.6 Å². The van der Waals surface area contributed by atoms with Crippen LogP contribution in [0.5, 0.6) is 0 Å². The van der Waals surface area contributed by atoms with Crippen LogP contribution in [-0.2, 0) is 19.1 Å². The van der Waals surface area contributed by atoms with Crippen LogP contribution in [0.2, 0.25) is 0 Å². The predicted molar refractivity (Wildman–Crippen MR) is 88.6 cm³/mol. The molecule has 0 amide bonds. The molecule has 0 saturated heterocycles. The molecule has 136 valence electrons. The van der Waals surface area contributed by atoms with E-state index in [1.807, 2.05) is 25.1 Å². The van der Waals surface area contributed by atoms with Gasteiger partial charge in [0.1, 0.15) is 5.69 Å². The van der Waals surface area contributed by atoms with Gasteiger partial charge in [-0.2, -0.15) is 10.1 Å². The molecule has 1 N–H and O–H groups in total. The molecule has 0 unspecified atom stereocenters. The minimum absolute atomic E-state index is 0.0365. The number of hydrogen-bond donors (Lipinski definition) is 1. The highest BCUT2D eigenvalue weighted by Crippen LogP contribution is 2.53. The lowest BCUT2D eigenvalue weighted by Crippen LogP contribution is -2.13. The lowest BCUT2D eigenvalue weighted by molar-refractivity contribution is 0.141. The average molecular weight is 360 g/mol. The summed E-state index contributed by atoms with van der Waals surface area (Å²) in [5.74, 6) is 0.652. The minimum Gasteiger partial charge on any atom is -0.392 e. The topological polar surface area (TPSA) is 77.0 Å². The first-order valence-electron chi connectivity index (χ1n) is 8.32. The van der Waals surface area contributed by atoms with E-state index in [0.29, 0.717) is 5.82 Å². The Morgan fingerprint density at radius 1 is 1.31 bits per heavy atom. The second-order valence-electron chi connectivity index (χ2n) is 6.69. The van der Waals surface area contributed by atoms with Crippen molar-refractivity contribution in [2.24, 2.45) is 7.05 Å². The van der Waals surface area contributed by atoms with E-state index in [0.717, 1.165) is 34.2 Å². The summed E-state index contributed by atoms with van der Waals surface area (Å²) < 4.78 is 32.3. The fourth-order valence-electron chi connectivity index (χ4n) is 3.33. The molecular weight excluding hydrogens is 342 g/mol. The Morgan fingerprint density at radius 3 is 2.69 bits per heavy atom. The van der Waals surface area contributed by atoms with Crippen molar-refractivity contribution in [2.45, 2.75) is 38.2 Å². The highest BCUT2D eigenvalue weighted by Gasteiger charge is 2.51. The Kier molecular flexibility index (Phi) is 3.87. The van der Waals surface area contributed by atoms with E-state index in [-0.39, 0.29) is 29.3 Å². The molecule has 0 spiro atoms. The van der Waals surface area contributed by atoms with E-state index in [1.54, 1.807) is 0 Å². The minimum atomic E-state index is -2.62. The Labute approximate surface area is 148 Å². The zero-order valence-corrected chi connectivity index (χ0v) is 14.4. The molecule has 4 rings (SSSR count). The third-order valence-corrected chi connectivity index (χ3v) is 4.96. The zero-order valence-electron chi connectivity index (χ0n) is 14.4. The number of aliphatic hydroxyl groups excluding tert-OH is 1. The quantitative estimate of drug-likeness (QED) is 0.755. The highest BCUT2D eigenvalue weighted by atomic mass is 19.3. The normalized spacial score (nSPS) is 15.6. The second kappa shape index (κ2) is 5.98. The SMILES string of the molecule is Cc1ccc(CO)cc1C1(c2noc(-c3cc(C(F)F)n(C)n3)n2)CC1. The molecule has 2 heterocycles. The maximum Gasteiger partial charge on any atom is 0.280 e. The number of aromatic nitrogens is 4. The molecule has 0 atom stereocenters. The number of nitrogens with zero attached hydrogens (tertiary/aromatic N) is 4. The van der Waals surface area contributed by atoms with Gasteiger partial charge in [0.2, 0.25) is 0 Å². The summed E-state index contributed by atoms with van der Waals surface area (Å²) in [6, 6.07) is 7.08. The second-order valence-corrected chi connectivity index (χ2v) is 6.69. The van der Waals surface area contributed by atoms with Crippen LogP contribution in [0.4, 0.5) is 8.78 Å². The monoisotopic (exact) mass is 360 g/mol. The maximum absolute atomic E-state index is 13.0. The number of hydrogen-bond acceptors (Lipinski definition) is 5. The van der Waals surface area contributed by atoms with Crippen LogP contribution in [0.3, 0.4) is 0 Å². The largest absolute Gasteiger partial charge is 0.392 e. The van der Waals surface area contributed by atoms with Gasteiger partial charge in [-0.3, -0.25) is 4.68 Å². The van der Waals surface area contributed by atoms with Crippen molar-refractivity contribution in [3.8, 4) is 11.6 Å². The standard InChI is InChI=1S/C18H18F2N4O2/c1-10-3-4-11(9-25)7-12(10)18(5-6-18)17-21-16(26-23-17)13-8-14(15(19)20)24(2)22-13/h3-4,7-8,15,25H,5-6,9H2,1-2H3. The third kappa shape index (κ3) is 2.61. The molecule has 6 nitrogen and oxygen atoms in total. The lowest BCUT2D eigenvalue weighted by Gasteiger charge is -2.15. The van der Waals surface area contributed by atoms with Crippen LogP contribution in [0.1, 0.15) is 47.5 Å².